The first-order chi connectivity index (χ1) is 5.24. The Labute approximate surface area is 64.7 Å². The van der Waals surface area contributed by atoms with Crippen molar-refractivity contribution in [2.24, 2.45) is 0 Å². The molecule has 3 N–H and O–H groups in total. The van der Waals surface area contributed by atoms with Gasteiger partial charge in [-0.05, 0) is 0 Å². The molecule has 11 heavy (non-hydrogen) atoms. The molecule has 0 spiro atoms. The Hall–Kier alpha value is -0.650. The van der Waals surface area contributed by atoms with Crippen molar-refractivity contribution in [1.29, 1.82) is 0 Å². The number of hydrogen-bond donors (Lipinski definition) is 3. The van der Waals surface area contributed by atoms with Crippen molar-refractivity contribution < 1.29 is 14.6 Å². The first kappa shape index (κ1) is 8.45. The van der Waals surface area contributed by atoms with Crippen LogP contribution in [0.25, 0.3) is 0 Å². The van der Waals surface area contributed by atoms with E-state index < -0.39 is 12.1 Å². The van der Waals surface area contributed by atoms with Gasteiger partial charge in [0.1, 0.15) is 6.04 Å². The number of rotatable bonds is 1. The summed E-state index contributed by atoms with van der Waals surface area (Å²) in [5.74, 6) is -0.351. The molecule has 0 unspecified atom stereocenters. The molecule has 1 heterocycles. The van der Waals surface area contributed by atoms with Crippen molar-refractivity contribution in [2.75, 3.05) is 13.7 Å². The SMILES string of the molecule is COC(=O)[C@H]1C[C@@H](O)CNN1. The van der Waals surface area contributed by atoms with Gasteiger partial charge in [-0.2, -0.15) is 0 Å². The summed E-state index contributed by atoms with van der Waals surface area (Å²) in [4.78, 5) is 10.9. The molecule has 0 aromatic carbocycles. The average Bonchev–Trinajstić information content (AvgIpc) is 2.03. The van der Waals surface area contributed by atoms with Crippen LogP contribution in [0.15, 0.2) is 0 Å². The van der Waals surface area contributed by atoms with Crippen LogP contribution in [0, 0.1) is 0 Å². The zero-order chi connectivity index (χ0) is 8.27. The summed E-state index contributed by atoms with van der Waals surface area (Å²) in [6.07, 6.45) is -0.0694. The van der Waals surface area contributed by atoms with Crippen LogP contribution in [-0.4, -0.2) is 36.9 Å². The second-order valence-electron chi connectivity index (χ2n) is 2.49. The van der Waals surface area contributed by atoms with E-state index in [-0.39, 0.29) is 5.97 Å². The average molecular weight is 160 g/mol. The fourth-order valence-corrected chi connectivity index (χ4v) is 1.01. The number of methoxy groups -OCH3 is 1. The van der Waals surface area contributed by atoms with Crippen molar-refractivity contribution in [3.8, 4) is 0 Å². The lowest BCUT2D eigenvalue weighted by Crippen LogP contribution is -2.55. The molecule has 5 heteroatoms. The number of hydrogen-bond acceptors (Lipinski definition) is 5. The number of carbonyl (C=O) groups is 1. The van der Waals surface area contributed by atoms with Gasteiger partial charge in [-0.1, -0.05) is 0 Å². The summed E-state index contributed by atoms with van der Waals surface area (Å²) in [5.41, 5.74) is 5.41. The predicted octanol–water partition coefficient (Wildman–Crippen LogP) is -1.61. The number of esters is 1. The summed E-state index contributed by atoms with van der Waals surface area (Å²) in [6.45, 7) is 0.466. The summed E-state index contributed by atoms with van der Waals surface area (Å²) >= 11 is 0. The highest BCUT2D eigenvalue weighted by Gasteiger charge is 2.25. The van der Waals surface area contributed by atoms with Crippen LogP contribution in [0.5, 0.6) is 0 Å². The highest BCUT2D eigenvalue weighted by atomic mass is 16.5. The van der Waals surface area contributed by atoms with E-state index in [9.17, 15) is 4.79 Å². The fraction of sp³-hybridized carbons (Fsp3) is 0.833. The maximum atomic E-state index is 10.9. The van der Waals surface area contributed by atoms with Crippen LogP contribution in [-0.2, 0) is 9.53 Å². The molecule has 0 aromatic heterocycles. The van der Waals surface area contributed by atoms with Crippen molar-refractivity contribution >= 4 is 5.97 Å². The Balaban J connectivity index is 2.39. The second-order valence-corrected chi connectivity index (χ2v) is 2.49. The topological polar surface area (TPSA) is 70.6 Å². The Kier molecular flexibility index (Phi) is 2.81. The van der Waals surface area contributed by atoms with Gasteiger partial charge in [0.25, 0.3) is 0 Å². The van der Waals surface area contributed by atoms with E-state index in [0.717, 1.165) is 0 Å². The molecule has 0 bridgehead atoms. The number of β-amino-alcohol motifs (C(OH)–C–C–N with tert-alkyl or cyclic N) is 1. The Morgan fingerprint density at radius 2 is 2.45 bits per heavy atom. The third-order valence-electron chi connectivity index (χ3n) is 1.61. The molecule has 1 aliphatic rings. The van der Waals surface area contributed by atoms with Crippen LogP contribution in [0.1, 0.15) is 6.42 Å². The van der Waals surface area contributed by atoms with Crippen LogP contribution in [0.2, 0.25) is 0 Å². The highest BCUT2D eigenvalue weighted by molar-refractivity contribution is 5.75. The molecule has 2 atom stereocenters. The molecule has 5 nitrogen and oxygen atoms in total. The molecule has 64 valence electrons. The molecule has 0 aliphatic carbocycles. The highest BCUT2D eigenvalue weighted by Crippen LogP contribution is 2.02. The van der Waals surface area contributed by atoms with E-state index in [1.165, 1.54) is 7.11 Å². The molecule has 0 saturated carbocycles. The zero-order valence-electron chi connectivity index (χ0n) is 6.33. The maximum absolute atomic E-state index is 10.9. The minimum absolute atomic E-state index is 0.351. The Bertz CT molecular complexity index is 151. The maximum Gasteiger partial charge on any atom is 0.324 e. The lowest BCUT2D eigenvalue weighted by molar-refractivity contribution is -0.145. The van der Waals surface area contributed by atoms with Crippen LogP contribution in [0.4, 0.5) is 0 Å². The number of aliphatic hydroxyl groups excluding tert-OH is 1. The van der Waals surface area contributed by atoms with E-state index >= 15 is 0 Å². The van der Waals surface area contributed by atoms with Gasteiger partial charge in [0.2, 0.25) is 0 Å². The summed E-state index contributed by atoms with van der Waals surface area (Å²) < 4.78 is 4.49. The van der Waals surface area contributed by atoms with Crippen LogP contribution >= 0.6 is 0 Å². The predicted molar refractivity (Wildman–Crippen MR) is 37.6 cm³/mol. The number of nitrogens with one attached hydrogen (secondary N) is 2. The quantitative estimate of drug-likeness (QED) is 0.402. The van der Waals surface area contributed by atoms with Crippen molar-refractivity contribution in [3.05, 3.63) is 0 Å². The van der Waals surface area contributed by atoms with E-state index in [2.05, 4.69) is 15.6 Å². The minimum atomic E-state index is -0.472. The van der Waals surface area contributed by atoms with Gasteiger partial charge in [0.15, 0.2) is 0 Å². The van der Waals surface area contributed by atoms with Crippen molar-refractivity contribution in [2.45, 2.75) is 18.6 Å². The first-order valence-corrected chi connectivity index (χ1v) is 3.48. The summed E-state index contributed by atoms with van der Waals surface area (Å²) in [7, 11) is 1.32. The number of ether oxygens (including phenoxy) is 1. The van der Waals surface area contributed by atoms with Gasteiger partial charge in [0, 0.05) is 13.0 Å². The minimum Gasteiger partial charge on any atom is -0.468 e. The molecule has 1 aliphatic heterocycles. The Morgan fingerprint density at radius 1 is 1.73 bits per heavy atom. The Morgan fingerprint density at radius 3 is 3.00 bits per heavy atom. The molecule has 0 radical (unpaired) electrons. The van der Waals surface area contributed by atoms with Gasteiger partial charge in [-0.3, -0.25) is 10.2 Å². The molecule has 1 rings (SSSR count). The normalized spacial score (nSPS) is 31.5. The van der Waals surface area contributed by atoms with Gasteiger partial charge in [-0.25, -0.2) is 5.43 Å². The third-order valence-corrected chi connectivity index (χ3v) is 1.61. The molecular weight excluding hydrogens is 148 g/mol. The van der Waals surface area contributed by atoms with Gasteiger partial charge < -0.3 is 9.84 Å². The summed E-state index contributed by atoms with van der Waals surface area (Å²) in [6, 6.07) is -0.427. The van der Waals surface area contributed by atoms with Gasteiger partial charge in [0.05, 0.1) is 13.2 Å². The third kappa shape index (κ3) is 2.14. The standard InChI is InChI=1S/C6H12N2O3/c1-11-6(10)5-2-4(9)3-7-8-5/h4-5,7-9H,2-3H2,1H3/t4-,5-/m1/s1. The lowest BCUT2D eigenvalue weighted by Gasteiger charge is -2.25. The van der Waals surface area contributed by atoms with Crippen molar-refractivity contribution in [3.63, 3.8) is 0 Å². The van der Waals surface area contributed by atoms with E-state index in [1.54, 1.807) is 0 Å². The largest absolute Gasteiger partial charge is 0.468 e. The molecule has 1 fully saturated rings. The zero-order valence-corrected chi connectivity index (χ0v) is 6.33. The van der Waals surface area contributed by atoms with E-state index in [4.69, 9.17) is 5.11 Å². The number of carbonyl (C=O) groups excluding carboxylic acids is 1. The smallest absolute Gasteiger partial charge is 0.324 e. The van der Waals surface area contributed by atoms with Crippen molar-refractivity contribution in [1.82, 2.24) is 10.9 Å². The number of hydrazine groups is 1. The van der Waals surface area contributed by atoms with Crippen LogP contribution in [0.3, 0.4) is 0 Å². The van der Waals surface area contributed by atoms with E-state index in [1.807, 2.05) is 0 Å². The first-order valence-electron chi connectivity index (χ1n) is 3.48. The summed E-state index contributed by atoms with van der Waals surface area (Å²) in [5, 5.41) is 9.11. The van der Waals surface area contributed by atoms with Gasteiger partial charge >= 0.3 is 5.97 Å². The molecule has 1 saturated heterocycles. The molecular formula is C6H12N2O3. The van der Waals surface area contributed by atoms with E-state index in [0.29, 0.717) is 13.0 Å². The fourth-order valence-electron chi connectivity index (χ4n) is 1.01. The lowest BCUT2D eigenvalue weighted by atomic mass is 10.1. The monoisotopic (exact) mass is 160 g/mol. The van der Waals surface area contributed by atoms with Gasteiger partial charge in [-0.15, -0.1) is 0 Å². The molecule has 0 amide bonds. The molecule has 0 aromatic rings. The second kappa shape index (κ2) is 3.66. The number of aliphatic hydroxyl groups is 1. The van der Waals surface area contributed by atoms with Crippen LogP contribution < -0.4 is 10.9 Å².